The number of aliphatic hydroxyl groups excluding tert-OH is 6. The molecule has 0 bridgehead atoms. The summed E-state index contributed by atoms with van der Waals surface area (Å²) in [4.78, 5) is 19.7. The molecule has 11 nitrogen and oxygen atoms in total. The lowest BCUT2D eigenvalue weighted by Gasteiger charge is -2.31. The van der Waals surface area contributed by atoms with Gasteiger partial charge < -0.3 is 45.2 Å². The summed E-state index contributed by atoms with van der Waals surface area (Å²) in [5, 5.41) is 61.8. The summed E-state index contributed by atoms with van der Waals surface area (Å²) in [7, 11) is 0. The molecule has 1 aliphatic heterocycles. The molecule has 11 heteroatoms. The molecule has 1 fully saturated rings. The molecule has 7 N–H and O–H groups in total. The van der Waals surface area contributed by atoms with Crippen molar-refractivity contribution in [2.45, 2.75) is 25.7 Å². The molecule has 0 unspecified atom stereocenters. The van der Waals surface area contributed by atoms with Gasteiger partial charge in [-0.3, -0.25) is 4.79 Å². The minimum atomic E-state index is -1.16. The van der Waals surface area contributed by atoms with Crippen LogP contribution in [-0.2, 0) is 19.1 Å². The first kappa shape index (κ1) is 30.6. The molecule has 0 aromatic heterocycles. The van der Waals surface area contributed by atoms with Gasteiger partial charge in [-0.15, -0.1) is 0 Å². The fourth-order valence-electron chi connectivity index (χ4n) is 1.86. The summed E-state index contributed by atoms with van der Waals surface area (Å²) in [6, 6.07) is 0. The maximum absolute atomic E-state index is 10.5. The Labute approximate surface area is 176 Å². The highest BCUT2D eigenvalue weighted by atomic mass is 16.5. The van der Waals surface area contributed by atoms with E-state index in [0.717, 1.165) is 25.3 Å². The van der Waals surface area contributed by atoms with E-state index in [0.29, 0.717) is 13.0 Å². The normalized spacial score (nSPS) is 14.3. The van der Waals surface area contributed by atoms with E-state index in [1.165, 1.54) is 0 Å². The molecule has 0 amide bonds. The zero-order chi connectivity index (χ0) is 23.5. The second-order valence-corrected chi connectivity index (χ2v) is 7.01. The van der Waals surface area contributed by atoms with Crippen LogP contribution in [0.25, 0.3) is 0 Å². The van der Waals surface area contributed by atoms with Crippen LogP contribution in [0.4, 0.5) is 0 Å². The molecule has 0 aromatic rings. The Morgan fingerprint density at radius 3 is 1.63 bits per heavy atom. The van der Waals surface area contributed by atoms with Gasteiger partial charge in [0.1, 0.15) is 0 Å². The predicted octanol–water partition coefficient (Wildman–Crippen LogP) is -1.71. The van der Waals surface area contributed by atoms with E-state index >= 15 is 0 Å². The van der Waals surface area contributed by atoms with Crippen LogP contribution >= 0.6 is 0 Å². The monoisotopic (exact) mass is 440 g/mol. The van der Waals surface area contributed by atoms with Crippen LogP contribution in [0.5, 0.6) is 0 Å². The van der Waals surface area contributed by atoms with Crippen molar-refractivity contribution in [1.29, 1.82) is 0 Å². The highest BCUT2D eigenvalue weighted by molar-refractivity contribution is 5.78. The second-order valence-electron chi connectivity index (χ2n) is 7.01. The Kier molecular flexibility index (Phi) is 18.6. The highest BCUT2D eigenvalue weighted by Gasteiger charge is 2.32. The lowest BCUT2D eigenvalue weighted by molar-refractivity contribution is -0.142. The average molecular weight is 440 g/mol. The number of carboxylic acid groups (broad SMARTS) is 1. The minimum absolute atomic E-state index is 0.0255. The molecule has 1 aliphatic rings. The van der Waals surface area contributed by atoms with Crippen LogP contribution in [0.3, 0.4) is 0 Å². The lowest BCUT2D eigenvalue weighted by atomic mass is 9.91. The summed E-state index contributed by atoms with van der Waals surface area (Å²) >= 11 is 0. The molecule has 0 radical (unpaired) electrons. The Morgan fingerprint density at radius 2 is 1.30 bits per heavy atom. The molecule has 0 aromatic carbocycles. The molecular formula is C19H36O11. The first-order valence-electron chi connectivity index (χ1n) is 9.48. The smallest absolute Gasteiger partial charge is 0.327 e. The quantitative estimate of drug-likeness (QED) is 0.143. The van der Waals surface area contributed by atoms with Crippen molar-refractivity contribution in [2.75, 3.05) is 59.5 Å². The third kappa shape index (κ3) is 13.6. The number of hydrogen-bond acceptors (Lipinski definition) is 10. The van der Waals surface area contributed by atoms with Crippen molar-refractivity contribution in [2.24, 2.45) is 10.8 Å². The Balaban J connectivity index is 0. The Bertz CT molecular complexity index is 413. The van der Waals surface area contributed by atoms with E-state index in [-0.39, 0.29) is 19.2 Å². The summed E-state index contributed by atoms with van der Waals surface area (Å²) in [6.45, 7) is 0.593. The number of esters is 1. The molecule has 0 saturated carbocycles. The van der Waals surface area contributed by atoms with E-state index in [9.17, 15) is 9.59 Å². The van der Waals surface area contributed by atoms with Gasteiger partial charge in [0.15, 0.2) is 0 Å². The number of hydrogen-bond donors (Lipinski definition) is 7. The van der Waals surface area contributed by atoms with Gasteiger partial charge in [-0.1, -0.05) is 6.58 Å². The number of cyclic esters (lactones) is 1. The van der Waals surface area contributed by atoms with Gasteiger partial charge in [-0.2, -0.15) is 0 Å². The number of carbonyl (C=O) groups is 2. The molecule has 0 spiro atoms. The van der Waals surface area contributed by atoms with Gasteiger partial charge in [-0.25, -0.2) is 4.79 Å². The number of ether oxygens (including phenoxy) is 2. The second kappa shape index (κ2) is 18.2. The SMILES string of the molecule is C=CC(=O)O.O=C1CCCCCO1.OCC(CO)(CO)COCC(CO)(CO)CO. The molecule has 0 atom stereocenters. The summed E-state index contributed by atoms with van der Waals surface area (Å²) in [6.07, 6.45) is 4.66. The number of carbonyl (C=O) groups excluding carboxylic acids is 1. The summed E-state index contributed by atoms with van der Waals surface area (Å²) < 4.78 is 9.91. The van der Waals surface area contributed by atoms with Gasteiger partial charge >= 0.3 is 11.9 Å². The van der Waals surface area contributed by atoms with E-state index in [4.69, 9.17) is 45.2 Å². The number of aliphatic hydroxyl groups is 6. The highest BCUT2D eigenvalue weighted by Crippen LogP contribution is 2.19. The van der Waals surface area contributed by atoms with Gasteiger partial charge in [0.25, 0.3) is 0 Å². The first-order valence-corrected chi connectivity index (χ1v) is 9.48. The topological polar surface area (TPSA) is 194 Å². The van der Waals surface area contributed by atoms with Crippen molar-refractivity contribution in [1.82, 2.24) is 0 Å². The van der Waals surface area contributed by atoms with Crippen LogP contribution < -0.4 is 0 Å². The van der Waals surface area contributed by atoms with E-state index in [1.807, 2.05) is 0 Å². The third-order valence-electron chi connectivity index (χ3n) is 4.29. The lowest BCUT2D eigenvalue weighted by Crippen LogP contribution is -2.43. The molecule has 1 heterocycles. The molecule has 178 valence electrons. The van der Waals surface area contributed by atoms with Crippen LogP contribution in [0.15, 0.2) is 12.7 Å². The predicted molar refractivity (Wildman–Crippen MR) is 105 cm³/mol. The van der Waals surface area contributed by atoms with Crippen LogP contribution in [0.1, 0.15) is 25.7 Å². The number of rotatable bonds is 11. The van der Waals surface area contributed by atoms with E-state index in [2.05, 4.69) is 6.58 Å². The fourth-order valence-corrected chi connectivity index (χ4v) is 1.86. The zero-order valence-corrected chi connectivity index (χ0v) is 17.2. The third-order valence-corrected chi connectivity index (χ3v) is 4.29. The molecule has 1 saturated heterocycles. The number of aliphatic carboxylic acids is 1. The van der Waals surface area contributed by atoms with Crippen molar-refractivity contribution < 1.29 is 54.8 Å². The van der Waals surface area contributed by atoms with E-state index in [1.54, 1.807) is 0 Å². The average Bonchev–Trinajstić information content (AvgIpc) is 3.03. The molecular weight excluding hydrogens is 404 g/mol. The van der Waals surface area contributed by atoms with Gasteiger partial charge in [-0.05, 0) is 19.3 Å². The first-order chi connectivity index (χ1) is 14.2. The fraction of sp³-hybridized carbons (Fsp3) is 0.789. The van der Waals surface area contributed by atoms with Crippen LogP contribution in [0, 0.1) is 10.8 Å². The molecule has 30 heavy (non-hydrogen) atoms. The minimum Gasteiger partial charge on any atom is -0.478 e. The van der Waals surface area contributed by atoms with Crippen molar-refractivity contribution >= 4 is 11.9 Å². The van der Waals surface area contributed by atoms with Gasteiger partial charge in [0.05, 0.1) is 70.3 Å². The van der Waals surface area contributed by atoms with Crippen molar-refractivity contribution in [3.8, 4) is 0 Å². The Hall–Kier alpha value is -1.60. The zero-order valence-electron chi connectivity index (χ0n) is 17.2. The Morgan fingerprint density at radius 1 is 0.900 bits per heavy atom. The molecule has 1 rings (SSSR count). The largest absolute Gasteiger partial charge is 0.478 e. The maximum atomic E-state index is 10.5. The molecule has 0 aliphatic carbocycles. The summed E-state index contributed by atoms with van der Waals surface area (Å²) in [5.74, 6) is -1.01. The summed E-state index contributed by atoms with van der Waals surface area (Å²) in [5.41, 5.74) is -2.32. The van der Waals surface area contributed by atoms with Gasteiger partial charge in [0, 0.05) is 12.5 Å². The van der Waals surface area contributed by atoms with Gasteiger partial charge in [0.2, 0.25) is 0 Å². The maximum Gasteiger partial charge on any atom is 0.327 e. The standard InChI is InChI=1S/C10H22O7.C6H10O2.C3H4O2/c11-1-9(2-12,3-13)7-17-8-10(4-14,5-15)6-16;7-6-4-2-1-3-5-8-6;1-2-3(4)5/h11-16H,1-8H2;1-5H2;2H,1H2,(H,4,5). The van der Waals surface area contributed by atoms with Crippen molar-refractivity contribution in [3.63, 3.8) is 0 Å². The number of carboxylic acids is 1. The van der Waals surface area contributed by atoms with Crippen LogP contribution in [-0.4, -0.2) is 107 Å². The van der Waals surface area contributed by atoms with Crippen LogP contribution in [0.2, 0.25) is 0 Å². The van der Waals surface area contributed by atoms with E-state index < -0.39 is 56.4 Å². The van der Waals surface area contributed by atoms with Crippen molar-refractivity contribution in [3.05, 3.63) is 12.7 Å².